The van der Waals surface area contributed by atoms with E-state index in [1.807, 2.05) is 19.3 Å². The van der Waals surface area contributed by atoms with Crippen molar-refractivity contribution in [1.29, 1.82) is 0 Å². The van der Waals surface area contributed by atoms with Gasteiger partial charge in [0.05, 0.1) is 12.0 Å². The quantitative estimate of drug-likeness (QED) is 0.656. The minimum Gasteiger partial charge on any atom is -0.400 e. The highest BCUT2D eigenvalue weighted by Crippen LogP contribution is 2.16. The second kappa shape index (κ2) is 9.69. The molecular weight excluding hydrogens is 288 g/mol. The molecule has 0 fully saturated rings. The van der Waals surface area contributed by atoms with Crippen LogP contribution in [0, 0.1) is 6.92 Å². The zero-order valence-corrected chi connectivity index (χ0v) is 14.5. The van der Waals surface area contributed by atoms with Crippen molar-refractivity contribution in [2.75, 3.05) is 7.11 Å². The molecule has 0 spiro atoms. The number of aromatic nitrogens is 4. The van der Waals surface area contributed by atoms with Gasteiger partial charge in [-0.05, 0) is 20.3 Å². The Morgan fingerprint density at radius 1 is 1.35 bits per heavy atom. The number of nitrogens with zero attached hydrogens (tertiary/aromatic N) is 4. The molecule has 0 aliphatic rings. The largest absolute Gasteiger partial charge is 0.400 e. The summed E-state index contributed by atoms with van der Waals surface area (Å²) < 4.78 is 2.10. The van der Waals surface area contributed by atoms with E-state index in [1.165, 1.54) is 5.57 Å². The molecule has 2 aromatic heterocycles. The maximum atomic E-state index is 7.00. The molecule has 1 N–H and O–H groups in total. The molecule has 0 saturated heterocycles. The van der Waals surface area contributed by atoms with E-state index in [4.69, 9.17) is 5.11 Å². The van der Waals surface area contributed by atoms with Crippen LogP contribution in [0.25, 0.3) is 11.2 Å². The van der Waals surface area contributed by atoms with Crippen LogP contribution in [0.15, 0.2) is 42.8 Å². The zero-order chi connectivity index (χ0) is 17.2. The number of rotatable bonds is 6. The van der Waals surface area contributed by atoms with Gasteiger partial charge in [0.2, 0.25) is 0 Å². The van der Waals surface area contributed by atoms with E-state index in [2.05, 4.69) is 52.1 Å². The Morgan fingerprint density at radius 2 is 2.09 bits per heavy atom. The number of allylic oxidation sites excluding steroid dienone is 5. The molecule has 0 aliphatic carbocycles. The van der Waals surface area contributed by atoms with Crippen molar-refractivity contribution in [3.8, 4) is 0 Å². The summed E-state index contributed by atoms with van der Waals surface area (Å²) in [5, 5.41) is 7.00. The number of hydrogen-bond donors (Lipinski definition) is 1. The van der Waals surface area contributed by atoms with Crippen LogP contribution in [0.5, 0.6) is 0 Å². The van der Waals surface area contributed by atoms with Crippen LogP contribution in [-0.2, 0) is 13.0 Å². The lowest BCUT2D eigenvalue weighted by atomic mass is 10.1. The minimum atomic E-state index is 0.800. The normalized spacial score (nSPS) is 11.6. The molecule has 124 valence electrons. The van der Waals surface area contributed by atoms with Crippen LogP contribution in [-0.4, -0.2) is 31.7 Å². The summed E-state index contributed by atoms with van der Waals surface area (Å²) in [5.41, 5.74) is 4.08. The van der Waals surface area contributed by atoms with E-state index in [0.29, 0.717) is 0 Å². The standard InChI is InChI=1S/C17H22N4.CH4O/c1-5-8-9-10-14(6-2)11-21-12-18-16-13(4)19-15(7-3)20-17(16)21;1-2/h5-6,8-9,12H,1,7,10-11H2,2-4H3;2H,1H3/b9-8?,14-6+;. The minimum absolute atomic E-state index is 0.800. The maximum Gasteiger partial charge on any atom is 0.164 e. The van der Waals surface area contributed by atoms with Gasteiger partial charge < -0.3 is 9.67 Å². The number of aryl methyl sites for hydroxylation is 2. The zero-order valence-electron chi connectivity index (χ0n) is 14.5. The summed E-state index contributed by atoms with van der Waals surface area (Å²) in [4.78, 5) is 13.5. The molecule has 0 radical (unpaired) electrons. The number of aliphatic hydroxyl groups excluding tert-OH is 1. The van der Waals surface area contributed by atoms with Crippen LogP contribution < -0.4 is 0 Å². The molecule has 5 nitrogen and oxygen atoms in total. The van der Waals surface area contributed by atoms with Crippen molar-refractivity contribution in [3.05, 3.63) is 54.3 Å². The van der Waals surface area contributed by atoms with Gasteiger partial charge in [-0.25, -0.2) is 15.0 Å². The molecule has 2 aromatic rings. The Labute approximate surface area is 138 Å². The number of imidazole rings is 1. The first-order chi connectivity index (χ1) is 11.2. The second-order valence-corrected chi connectivity index (χ2v) is 4.94. The lowest BCUT2D eigenvalue weighted by Crippen LogP contribution is -2.03. The highest BCUT2D eigenvalue weighted by atomic mass is 16.2. The molecule has 23 heavy (non-hydrogen) atoms. The number of hydrogen-bond acceptors (Lipinski definition) is 4. The van der Waals surface area contributed by atoms with Gasteiger partial charge in [0, 0.05) is 20.1 Å². The maximum absolute atomic E-state index is 7.00. The molecule has 0 amide bonds. The van der Waals surface area contributed by atoms with Crippen molar-refractivity contribution < 1.29 is 5.11 Å². The van der Waals surface area contributed by atoms with Crippen LogP contribution in [0.4, 0.5) is 0 Å². The summed E-state index contributed by atoms with van der Waals surface area (Å²) in [6.45, 7) is 10.6. The molecule has 0 atom stereocenters. The Balaban J connectivity index is 0.00000127. The van der Waals surface area contributed by atoms with Crippen LogP contribution in [0.1, 0.15) is 31.8 Å². The monoisotopic (exact) mass is 314 g/mol. The molecule has 0 aromatic carbocycles. The van der Waals surface area contributed by atoms with Gasteiger partial charge in [-0.1, -0.05) is 43.4 Å². The molecule has 0 saturated carbocycles. The van der Waals surface area contributed by atoms with Gasteiger partial charge in [0.15, 0.2) is 5.65 Å². The van der Waals surface area contributed by atoms with Crippen molar-refractivity contribution in [2.45, 2.75) is 40.2 Å². The lowest BCUT2D eigenvalue weighted by Gasteiger charge is -2.07. The van der Waals surface area contributed by atoms with Crippen LogP contribution in [0.2, 0.25) is 0 Å². The van der Waals surface area contributed by atoms with E-state index in [-0.39, 0.29) is 0 Å². The second-order valence-electron chi connectivity index (χ2n) is 4.94. The van der Waals surface area contributed by atoms with Crippen LogP contribution >= 0.6 is 0 Å². The van der Waals surface area contributed by atoms with Gasteiger partial charge in [-0.2, -0.15) is 0 Å². The fourth-order valence-electron chi connectivity index (χ4n) is 2.22. The molecule has 0 unspecified atom stereocenters. The fraction of sp³-hybridized carbons (Fsp3) is 0.389. The Hall–Kier alpha value is -2.27. The summed E-state index contributed by atoms with van der Waals surface area (Å²) in [5.74, 6) is 0.871. The van der Waals surface area contributed by atoms with Crippen molar-refractivity contribution in [2.24, 2.45) is 0 Å². The van der Waals surface area contributed by atoms with Gasteiger partial charge in [0.25, 0.3) is 0 Å². The highest BCUT2D eigenvalue weighted by molar-refractivity contribution is 5.73. The summed E-state index contributed by atoms with van der Waals surface area (Å²) in [6.07, 6.45) is 11.6. The average molecular weight is 314 g/mol. The molecule has 0 bridgehead atoms. The number of fused-ring (bicyclic) bond motifs is 1. The van der Waals surface area contributed by atoms with E-state index < -0.39 is 0 Å². The third-order valence-corrected chi connectivity index (χ3v) is 3.43. The molecule has 0 aliphatic heterocycles. The predicted molar refractivity (Wildman–Crippen MR) is 95.3 cm³/mol. The van der Waals surface area contributed by atoms with E-state index in [0.717, 1.165) is 49.2 Å². The third kappa shape index (κ3) is 4.86. The van der Waals surface area contributed by atoms with E-state index >= 15 is 0 Å². The third-order valence-electron chi connectivity index (χ3n) is 3.43. The molecule has 5 heteroatoms. The van der Waals surface area contributed by atoms with Gasteiger partial charge in [-0.3, -0.25) is 0 Å². The molecule has 2 rings (SSSR count). The van der Waals surface area contributed by atoms with E-state index in [1.54, 1.807) is 6.08 Å². The first-order valence-corrected chi connectivity index (χ1v) is 7.74. The van der Waals surface area contributed by atoms with Crippen molar-refractivity contribution in [3.63, 3.8) is 0 Å². The Bertz CT molecular complexity index is 698. The average Bonchev–Trinajstić information content (AvgIpc) is 2.99. The van der Waals surface area contributed by atoms with Gasteiger partial charge in [0.1, 0.15) is 11.3 Å². The van der Waals surface area contributed by atoms with Crippen LogP contribution in [0.3, 0.4) is 0 Å². The smallest absolute Gasteiger partial charge is 0.164 e. The number of aliphatic hydroxyl groups is 1. The summed E-state index contributed by atoms with van der Waals surface area (Å²) >= 11 is 0. The fourth-order valence-corrected chi connectivity index (χ4v) is 2.22. The molecule has 2 heterocycles. The van der Waals surface area contributed by atoms with Gasteiger partial charge in [-0.15, -0.1) is 0 Å². The van der Waals surface area contributed by atoms with E-state index in [9.17, 15) is 0 Å². The summed E-state index contributed by atoms with van der Waals surface area (Å²) in [6, 6.07) is 0. The Morgan fingerprint density at radius 3 is 2.70 bits per heavy atom. The lowest BCUT2D eigenvalue weighted by molar-refractivity contribution is 0.399. The summed E-state index contributed by atoms with van der Waals surface area (Å²) in [7, 11) is 1.00. The topological polar surface area (TPSA) is 63.8 Å². The first-order valence-electron chi connectivity index (χ1n) is 7.74. The SMILES string of the molecule is C=CC=CC/C(=C\C)Cn1cnc2c(C)nc(CC)nc21.CO. The van der Waals surface area contributed by atoms with Crippen molar-refractivity contribution in [1.82, 2.24) is 19.5 Å². The van der Waals surface area contributed by atoms with Gasteiger partial charge >= 0.3 is 0 Å². The predicted octanol–water partition coefficient (Wildman–Crippen LogP) is 3.38. The van der Waals surface area contributed by atoms with Crippen molar-refractivity contribution >= 4 is 11.2 Å². The Kier molecular flexibility index (Phi) is 7.91. The first kappa shape index (κ1) is 18.8. The highest BCUT2D eigenvalue weighted by Gasteiger charge is 2.10. The molecular formula is C18H26N4O.